The van der Waals surface area contributed by atoms with Crippen molar-refractivity contribution < 1.29 is 5.11 Å². The highest BCUT2D eigenvalue weighted by Crippen LogP contribution is 2.27. The highest BCUT2D eigenvalue weighted by molar-refractivity contribution is 14.1. The van der Waals surface area contributed by atoms with Crippen LogP contribution in [0.25, 0.3) is 0 Å². The van der Waals surface area contributed by atoms with E-state index in [1.165, 1.54) is 6.42 Å². The Morgan fingerprint density at radius 3 is 2.82 bits per heavy atom. The van der Waals surface area contributed by atoms with Gasteiger partial charge in [-0.25, -0.2) is 0 Å². The van der Waals surface area contributed by atoms with E-state index in [1.54, 1.807) is 0 Å². The van der Waals surface area contributed by atoms with Crippen LogP contribution < -0.4 is 0 Å². The molecule has 1 aromatic carbocycles. The molecule has 1 atom stereocenters. The van der Waals surface area contributed by atoms with Crippen molar-refractivity contribution in [3.63, 3.8) is 0 Å². The maximum atomic E-state index is 10.1. The Morgan fingerprint density at radius 2 is 2.12 bits per heavy atom. The van der Waals surface area contributed by atoms with Crippen LogP contribution >= 0.6 is 38.5 Å². The van der Waals surface area contributed by atoms with E-state index in [4.69, 9.17) is 0 Å². The summed E-state index contributed by atoms with van der Waals surface area (Å²) in [6.45, 7) is 3.71. The molecule has 0 aliphatic rings. The van der Waals surface area contributed by atoms with E-state index in [1.807, 2.05) is 24.3 Å². The third-order valence-electron chi connectivity index (χ3n) is 2.70. The molecule has 1 unspecified atom stereocenters. The zero-order valence-corrected chi connectivity index (χ0v) is 13.6. The van der Waals surface area contributed by atoms with Gasteiger partial charge in [0.05, 0.1) is 6.10 Å². The van der Waals surface area contributed by atoms with Crippen LogP contribution in [0.1, 0.15) is 43.8 Å². The van der Waals surface area contributed by atoms with Crippen molar-refractivity contribution in [3.05, 3.63) is 44.5 Å². The zero-order valence-electron chi connectivity index (χ0n) is 9.83. The van der Waals surface area contributed by atoms with Crippen LogP contribution in [0, 0.1) is 3.57 Å². The van der Waals surface area contributed by atoms with Crippen molar-refractivity contribution in [2.24, 2.45) is 0 Å². The summed E-state index contributed by atoms with van der Waals surface area (Å²) in [5.41, 5.74) is 1.03. The molecule has 17 heavy (non-hydrogen) atoms. The second kappa shape index (κ2) is 8.27. The van der Waals surface area contributed by atoms with Crippen molar-refractivity contribution in [1.29, 1.82) is 0 Å². The average molecular weight is 409 g/mol. The Kier molecular flexibility index (Phi) is 7.39. The number of benzene rings is 1. The summed E-state index contributed by atoms with van der Waals surface area (Å²) in [4.78, 5) is 0. The molecule has 0 aliphatic heterocycles. The van der Waals surface area contributed by atoms with Crippen molar-refractivity contribution in [2.45, 2.75) is 38.2 Å². The van der Waals surface area contributed by atoms with E-state index in [-0.39, 0.29) is 6.10 Å². The van der Waals surface area contributed by atoms with E-state index < -0.39 is 0 Å². The monoisotopic (exact) mass is 408 g/mol. The molecule has 0 fully saturated rings. The molecule has 0 radical (unpaired) electrons. The summed E-state index contributed by atoms with van der Waals surface area (Å²) < 4.78 is 2.16. The number of rotatable bonds is 7. The Morgan fingerprint density at radius 1 is 1.35 bits per heavy atom. The minimum absolute atomic E-state index is 0.344. The van der Waals surface area contributed by atoms with Gasteiger partial charge >= 0.3 is 0 Å². The third kappa shape index (κ3) is 5.53. The summed E-state index contributed by atoms with van der Waals surface area (Å²) in [7, 11) is 0. The smallest absolute Gasteiger partial charge is 0.0800 e. The van der Waals surface area contributed by atoms with Crippen LogP contribution in [-0.4, -0.2) is 5.11 Å². The Bertz CT molecular complexity index is 365. The van der Waals surface area contributed by atoms with Crippen LogP contribution in [0.3, 0.4) is 0 Å². The van der Waals surface area contributed by atoms with Crippen molar-refractivity contribution in [3.8, 4) is 0 Å². The maximum Gasteiger partial charge on any atom is 0.0800 e. The van der Waals surface area contributed by atoms with Crippen LogP contribution in [-0.2, 0) is 0 Å². The molecule has 0 amide bonds. The van der Waals surface area contributed by atoms with E-state index in [2.05, 4.69) is 45.1 Å². The average Bonchev–Trinajstić information content (AvgIpc) is 2.32. The van der Waals surface area contributed by atoms with E-state index in [9.17, 15) is 5.11 Å². The first kappa shape index (κ1) is 15.2. The minimum Gasteiger partial charge on any atom is -0.388 e. The lowest BCUT2D eigenvalue weighted by Gasteiger charge is -2.13. The van der Waals surface area contributed by atoms with Gasteiger partial charge in [-0.15, -0.1) is 6.58 Å². The SMILES string of the molecule is C=CCCCCCC(O)c1cc(Br)ccc1I. The molecule has 0 saturated heterocycles. The van der Waals surface area contributed by atoms with Crippen molar-refractivity contribution in [2.75, 3.05) is 0 Å². The summed E-state index contributed by atoms with van der Waals surface area (Å²) in [6.07, 6.45) is 6.92. The Hall–Kier alpha value is 0.130. The standard InChI is InChI=1S/C14H18BrIO/c1-2-3-4-5-6-7-14(17)12-10-11(15)8-9-13(12)16/h2,8-10,14,17H,1,3-7H2. The predicted molar refractivity (Wildman–Crippen MR) is 85.1 cm³/mol. The number of halogens is 2. The van der Waals surface area contributed by atoms with Gasteiger partial charge < -0.3 is 5.11 Å². The lowest BCUT2D eigenvalue weighted by Crippen LogP contribution is -2.00. The minimum atomic E-state index is -0.344. The van der Waals surface area contributed by atoms with Crippen LogP contribution in [0.5, 0.6) is 0 Å². The van der Waals surface area contributed by atoms with E-state index in [0.29, 0.717) is 0 Å². The number of allylic oxidation sites excluding steroid dienone is 1. The highest BCUT2D eigenvalue weighted by atomic mass is 127. The zero-order chi connectivity index (χ0) is 12.7. The van der Waals surface area contributed by atoms with Gasteiger partial charge in [-0.1, -0.05) is 34.8 Å². The van der Waals surface area contributed by atoms with Gasteiger partial charge in [0.2, 0.25) is 0 Å². The Balaban J connectivity index is 2.43. The molecule has 3 heteroatoms. The molecule has 0 heterocycles. The van der Waals surface area contributed by atoms with E-state index >= 15 is 0 Å². The number of hydrogen-bond donors (Lipinski definition) is 1. The molecule has 1 N–H and O–H groups in total. The molecule has 1 rings (SSSR count). The van der Waals surface area contributed by atoms with Crippen LogP contribution in [0.4, 0.5) is 0 Å². The molecule has 0 aliphatic carbocycles. The lowest BCUT2D eigenvalue weighted by atomic mass is 10.0. The van der Waals surface area contributed by atoms with Gasteiger partial charge in [0.15, 0.2) is 0 Å². The fraction of sp³-hybridized carbons (Fsp3) is 0.429. The van der Waals surface area contributed by atoms with Gasteiger partial charge in [0.25, 0.3) is 0 Å². The quantitative estimate of drug-likeness (QED) is 0.372. The number of unbranched alkanes of at least 4 members (excludes halogenated alkanes) is 3. The van der Waals surface area contributed by atoms with Crippen LogP contribution in [0.2, 0.25) is 0 Å². The summed E-state index contributed by atoms with van der Waals surface area (Å²) in [5, 5.41) is 10.1. The van der Waals surface area contributed by atoms with Gasteiger partial charge in [0, 0.05) is 8.04 Å². The van der Waals surface area contributed by atoms with Crippen LogP contribution in [0.15, 0.2) is 35.3 Å². The fourth-order valence-electron chi connectivity index (χ4n) is 1.73. The molecule has 0 spiro atoms. The van der Waals surface area contributed by atoms with Crippen molar-refractivity contribution >= 4 is 38.5 Å². The number of hydrogen-bond acceptors (Lipinski definition) is 1. The predicted octanol–water partition coefficient (Wildman–Crippen LogP) is 5.22. The first-order valence-electron chi connectivity index (χ1n) is 5.89. The molecule has 94 valence electrons. The maximum absolute atomic E-state index is 10.1. The highest BCUT2D eigenvalue weighted by Gasteiger charge is 2.11. The largest absolute Gasteiger partial charge is 0.388 e. The summed E-state index contributed by atoms with van der Waals surface area (Å²) in [5.74, 6) is 0. The lowest BCUT2D eigenvalue weighted by molar-refractivity contribution is 0.162. The molecular weight excluding hydrogens is 391 g/mol. The second-order valence-electron chi connectivity index (χ2n) is 4.11. The molecule has 1 nitrogen and oxygen atoms in total. The normalized spacial score (nSPS) is 12.4. The summed E-state index contributed by atoms with van der Waals surface area (Å²) in [6, 6.07) is 6.04. The topological polar surface area (TPSA) is 20.2 Å². The van der Waals surface area contributed by atoms with Gasteiger partial charge in [-0.05, 0) is 65.6 Å². The molecule has 0 bridgehead atoms. The third-order valence-corrected chi connectivity index (χ3v) is 4.18. The number of aliphatic hydroxyl groups excluding tert-OH is 1. The molecule has 0 saturated carbocycles. The second-order valence-corrected chi connectivity index (χ2v) is 6.19. The van der Waals surface area contributed by atoms with Crippen molar-refractivity contribution in [1.82, 2.24) is 0 Å². The van der Waals surface area contributed by atoms with E-state index in [0.717, 1.165) is 39.3 Å². The fourth-order valence-corrected chi connectivity index (χ4v) is 2.80. The number of aliphatic hydroxyl groups is 1. The first-order valence-corrected chi connectivity index (χ1v) is 7.76. The summed E-state index contributed by atoms with van der Waals surface area (Å²) >= 11 is 5.71. The molecule has 0 aromatic heterocycles. The van der Waals surface area contributed by atoms with Gasteiger partial charge in [-0.3, -0.25) is 0 Å². The van der Waals surface area contributed by atoms with Gasteiger partial charge in [0.1, 0.15) is 0 Å². The molecule has 1 aromatic rings. The molecular formula is C14H18BrIO. The Labute approximate surface area is 126 Å². The van der Waals surface area contributed by atoms with Gasteiger partial charge in [-0.2, -0.15) is 0 Å². The first-order chi connectivity index (χ1) is 8.15.